The molecule has 0 bridgehead atoms. The largest absolute Gasteiger partial charge is 0.347 e. The van der Waals surface area contributed by atoms with Crippen molar-refractivity contribution in [2.24, 2.45) is 0 Å². The highest BCUT2D eigenvalue weighted by atomic mass is 35.5. The molecule has 1 aliphatic rings. The maximum atomic E-state index is 11.6. The van der Waals surface area contributed by atoms with Crippen molar-refractivity contribution in [2.45, 2.75) is 12.5 Å². The third kappa shape index (κ3) is 3.14. The van der Waals surface area contributed by atoms with Crippen molar-refractivity contribution in [1.29, 1.82) is 0 Å². The molecule has 82 valence electrons. The Balaban J connectivity index is 0.00000112. The predicted molar refractivity (Wildman–Crippen MR) is 58.0 cm³/mol. The van der Waals surface area contributed by atoms with Gasteiger partial charge in [-0.15, -0.1) is 12.4 Å². The van der Waals surface area contributed by atoms with Crippen molar-refractivity contribution in [3.8, 4) is 0 Å². The molecule has 0 aromatic carbocycles. The van der Waals surface area contributed by atoms with Crippen molar-refractivity contribution >= 4 is 18.3 Å². The number of carbonyl (C=O) groups is 1. The van der Waals surface area contributed by atoms with Gasteiger partial charge in [-0.05, 0) is 13.0 Å². The minimum atomic E-state index is -0.146. The van der Waals surface area contributed by atoms with E-state index in [1.54, 1.807) is 6.20 Å². The number of nitrogens with one attached hydrogen (secondary N) is 2. The maximum Gasteiger partial charge on any atom is 0.271 e. The quantitative estimate of drug-likeness (QED) is 0.747. The molecule has 15 heavy (non-hydrogen) atoms. The first-order valence-electron chi connectivity index (χ1n) is 4.64. The number of aromatic nitrogens is 2. The molecule has 1 aromatic rings. The second kappa shape index (κ2) is 5.63. The molecule has 2 heterocycles. The molecule has 0 unspecified atom stereocenters. The van der Waals surface area contributed by atoms with Gasteiger partial charge in [0.1, 0.15) is 5.69 Å². The van der Waals surface area contributed by atoms with Gasteiger partial charge >= 0.3 is 0 Å². The van der Waals surface area contributed by atoms with Crippen LogP contribution < -0.4 is 10.6 Å². The van der Waals surface area contributed by atoms with Crippen molar-refractivity contribution in [3.05, 3.63) is 24.3 Å². The summed E-state index contributed by atoms with van der Waals surface area (Å²) in [5.41, 5.74) is 0.374. The van der Waals surface area contributed by atoms with Crippen LogP contribution in [0.15, 0.2) is 18.6 Å². The van der Waals surface area contributed by atoms with Gasteiger partial charge in [-0.2, -0.15) is 0 Å². The van der Waals surface area contributed by atoms with E-state index in [4.69, 9.17) is 0 Å². The minimum absolute atomic E-state index is 0. The topological polar surface area (TPSA) is 66.9 Å². The molecule has 2 rings (SSSR count). The summed E-state index contributed by atoms with van der Waals surface area (Å²) >= 11 is 0. The molecule has 5 nitrogen and oxygen atoms in total. The molecular formula is C9H13ClN4O. The Bertz CT molecular complexity index is 313. The Morgan fingerprint density at radius 3 is 3.00 bits per heavy atom. The van der Waals surface area contributed by atoms with E-state index in [1.165, 1.54) is 12.4 Å². The zero-order chi connectivity index (χ0) is 9.80. The molecule has 2 N–H and O–H groups in total. The number of hydrogen-bond donors (Lipinski definition) is 2. The Labute approximate surface area is 94.1 Å². The van der Waals surface area contributed by atoms with Crippen LogP contribution >= 0.6 is 12.4 Å². The zero-order valence-electron chi connectivity index (χ0n) is 8.14. The van der Waals surface area contributed by atoms with Crippen LogP contribution in [0.3, 0.4) is 0 Å². The number of rotatable bonds is 2. The maximum absolute atomic E-state index is 11.6. The second-order valence-electron chi connectivity index (χ2n) is 3.25. The summed E-state index contributed by atoms with van der Waals surface area (Å²) in [6, 6.07) is 0.226. The highest BCUT2D eigenvalue weighted by molar-refractivity contribution is 5.92. The standard InChI is InChI=1S/C9H12N4O.ClH/c14-9(8-6-11-3-4-12-8)13-7-1-2-10-5-7;/h3-4,6-7,10H,1-2,5H2,(H,13,14);1H/t7-;/m0./s1. The summed E-state index contributed by atoms with van der Waals surface area (Å²) in [5.74, 6) is -0.146. The van der Waals surface area contributed by atoms with E-state index in [0.717, 1.165) is 19.5 Å². The lowest BCUT2D eigenvalue weighted by molar-refractivity contribution is 0.0934. The second-order valence-corrected chi connectivity index (χ2v) is 3.25. The van der Waals surface area contributed by atoms with Crippen LogP contribution in [-0.4, -0.2) is 35.0 Å². The van der Waals surface area contributed by atoms with Crippen molar-refractivity contribution in [2.75, 3.05) is 13.1 Å². The number of nitrogens with zero attached hydrogens (tertiary/aromatic N) is 2. The van der Waals surface area contributed by atoms with Gasteiger partial charge in [0.05, 0.1) is 6.20 Å². The lowest BCUT2D eigenvalue weighted by atomic mass is 10.2. The fourth-order valence-corrected chi connectivity index (χ4v) is 1.45. The molecule has 1 amide bonds. The smallest absolute Gasteiger partial charge is 0.271 e. The van der Waals surface area contributed by atoms with Crippen molar-refractivity contribution in [1.82, 2.24) is 20.6 Å². The number of amides is 1. The Hall–Kier alpha value is -1.20. The summed E-state index contributed by atoms with van der Waals surface area (Å²) in [5, 5.41) is 6.07. The minimum Gasteiger partial charge on any atom is -0.347 e. The van der Waals surface area contributed by atoms with Crippen LogP contribution in [0.4, 0.5) is 0 Å². The molecule has 0 saturated carbocycles. The molecule has 1 fully saturated rings. The van der Waals surface area contributed by atoms with Gasteiger partial charge in [-0.3, -0.25) is 9.78 Å². The summed E-state index contributed by atoms with van der Waals surface area (Å²) in [6.45, 7) is 1.80. The first kappa shape index (κ1) is 11.9. The van der Waals surface area contributed by atoms with Gasteiger partial charge in [0, 0.05) is 25.0 Å². The number of halogens is 1. The van der Waals surface area contributed by atoms with Gasteiger partial charge in [-0.1, -0.05) is 0 Å². The van der Waals surface area contributed by atoms with E-state index in [0.29, 0.717) is 5.69 Å². The summed E-state index contributed by atoms with van der Waals surface area (Å²) in [7, 11) is 0. The molecule has 1 saturated heterocycles. The zero-order valence-corrected chi connectivity index (χ0v) is 8.96. The van der Waals surface area contributed by atoms with Crippen LogP contribution in [0.2, 0.25) is 0 Å². The van der Waals surface area contributed by atoms with Crippen LogP contribution in [0.5, 0.6) is 0 Å². The number of hydrogen-bond acceptors (Lipinski definition) is 4. The highest BCUT2D eigenvalue weighted by Crippen LogP contribution is 1.99. The van der Waals surface area contributed by atoms with E-state index in [1.807, 2.05) is 0 Å². The third-order valence-electron chi connectivity index (χ3n) is 2.19. The Morgan fingerprint density at radius 2 is 2.40 bits per heavy atom. The summed E-state index contributed by atoms with van der Waals surface area (Å²) in [4.78, 5) is 19.3. The van der Waals surface area contributed by atoms with Gasteiger partial charge in [0.25, 0.3) is 5.91 Å². The van der Waals surface area contributed by atoms with Crippen molar-refractivity contribution < 1.29 is 4.79 Å². The van der Waals surface area contributed by atoms with E-state index in [2.05, 4.69) is 20.6 Å². The predicted octanol–water partition coefficient (Wildman–Crippen LogP) is -0.00990. The summed E-state index contributed by atoms with van der Waals surface area (Å²) < 4.78 is 0. The molecule has 1 aromatic heterocycles. The highest BCUT2D eigenvalue weighted by Gasteiger charge is 2.17. The summed E-state index contributed by atoms with van der Waals surface area (Å²) in [6.07, 6.45) is 5.51. The van der Waals surface area contributed by atoms with Crippen LogP contribution in [0.1, 0.15) is 16.9 Å². The molecule has 1 atom stereocenters. The van der Waals surface area contributed by atoms with E-state index in [9.17, 15) is 4.79 Å². The first-order chi connectivity index (χ1) is 6.86. The van der Waals surface area contributed by atoms with E-state index >= 15 is 0 Å². The fourth-order valence-electron chi connectivity index (χ4n) is 1.45. The average Bonchev–Trinajstić information content (AvgIpc) is 2.72. The Morgan fingerprint density at radius 1 is 1.53 bits per heavy atom. The normalized spacial score (nSPS) is 19.3. The van der Waals surface area contributed by atoms with E-state index in [-0.39, 0.29) is 24.4 Å². The first-order valence-corrected chi connectivity index (χ1v) is 4.64. The molecule has 1 aliphatic heterocycles. The lowest BCUT2D eigenvalue weighted by Crippen LogP contribution is -2.36. The Kier molecular flexibility index (Phi) is 4.45. The van der Waals surface area contributed by atoms with E-state index < -0.39 is 0 Å². The molecule has 0 radical (unpaired) electrons. The molecule has 0 aliphatic carbocycles. The molecule has 0 spiro atoms. The van der Waals surface area contributed by atoms with Gasteiger partial charge in [-0.25, -0.2) is 4.98 Å². The lowest BCUT2D eigenvalue weighted by Gasteiger charge is -2.09. The SMILES string of the molecule is Cl.O=C(N[C@H]1CCNC1)c1cnccn1. The van der Waals surface area contributed by atoms with Crippen LogP contribution in [0, 0.1) is 0 Å². The van der Waals surface area contributed by atoms with Gasteiger partial charge < -0.3 is 10.6 Å². The van der Waals surface area contributed by atoms with Crippen LogP contribution in [0.25, 0.3) is 0 Å². The molecular weight excluding hydrogens is 216 g/mol. The average molecular weight is 229 g/mol. The molecule has 6 heteroatoms. The third-order valence-corrected chi connectivity index (χ3v) is 2.19. The number of carbonyl (C=O) groups excluding carboxylic acids is 1. The monoisotopic (exact) mass is 228 g/mol. The fraction of sp³-hybridized carbons (Fsp3) is 0.444. The van der Waals surface area contributed by atoms with Gasteiger partial charge in [0.15, 0.2) is 0 Å². The van der Waals surface area contributed by atoms with Gasteiger partial charge in [0.2, 0.25) is 0 Å². The van der Waals surface area contributed by atoms with Crippen LogP contribution in [-0.2, 0) is 0 Å². The van der Waals surface area contributed by atoms with Crippen molar-refractivity contribution in [3.63, 3.8) is 0 Å².